The highest BCUT2D eigenvalue weighted by Gasteiger charge is 2.32. The Hall–Kier alpha value is -2.22. The van der Waals surface area contributed by atoms with E-state index in [9.17, 15) is 12.8 Å². The molecular formula is C16H19FN4O2S. The SMILES string of the molecule is CCN(c1nccc(Nc2ccc(F)cc2)n1)C1CCS(=O)(=O)C1. The Bertz CT molecular complexity index is 811. The van der Waals surface area contributed by atoms with Crippen LogP contribution in [0.25, 0.3) is 0 Å². The van der Waals surface area contributed by atoms with Crippen LogP contribution in [0.1, 0.15) is 13.3 Å². The number of nitrogens with zero attached hydrogens (tertiary/aromatic N) is 3. The van der Waals surface area contributed by atoms with E-state index in [-0.39, 0.29) is 23.4 Å². The average Bonchev–Trinajstić information content (AvgIpc) is 2.91. The lowest BCUT2D eigenvalue weighted by Crippen LogP contribution is -2.37. The van der Waals surface area contributed by atoms with Crippen molar-refractivity contribution in [2.24, 2.45) is 0 Å². The van der Waals surface area contributed by atoms with Crippen molar-refractivity contribution in [2.45, 2.75) is 19.4 Å². The van der Waals surface area contributed by atoms with Crippen LogP contribution < -0.4 is 10.2 Å². The lowest BCUT2D eigenvalue weighted by Gasteiger charge is -2.26. The van der Waals surface area contributed by atoms with Crippen LogP contribution in [0.3, 0.4) is 0 Å². The maximum absolute atomic E-state index is 13.0. The fourth-order valence-corrected chi connectivity index (χ4v) is 4.55. The summed E-state index contributed by atoms with van der Waals surface area (Å²) >= 11 is 0. The predicted molar refractivity (Wildman–Crippen MR) is 91.8 cm³/mol. The van der Waals surface area contributed by atoms with Crippen molar-refractivity contribution in [1.29, 1.82) is 0 Å². The second-order valence-electron chi connectivity index (χ2n) is 5.72. The molecule has 1 saturated heterocycles. The first kappa shape index (κ1) is 16.6. The number of hydrogen-bond acceptors (Lipinski definition) is 6. The number of hydrogen-bond donors (Lipinski definition) is 1. The second-order valence-corrected chi connectivity index (χ2v) is 7.95. The highest BCUT2D eigenvalue weighted by Crippen LogP contribution is 2.23. The van der Waals surface area contributed by atoms with Gasteiger partial charge in [0.25, 0.3) is 0 Å². The van der Waals surface area contributed by atoms with Gasteiger partial charge in [-0.15, -0.1) is 0 Å². The molecule has 1 N–H and O–H groups in total. The molecule has 0 spiro atoms. The molecule has 24 heavy (non-hydrogen) atoms. The Kier molecular flexibility index (Phi) is 4.66. The molecule has 2 heterocycles. The predicted octanol–water partition coefficient (Wildman–Crippen LogP) is 2.37. The minimum Gasteiger partial charge on any atom is -0.340 e. The van der Waals surface area contributed by atoms with Crippen molar-refractivity contribution in [2.75, 3.05) is 28.3 Å². The van der Waals surface area contributed by atoms with Crippen LogP contribution in [0, 0.1) is 5.82 Å². The minimum absolute atomic E-state index is 0.0962. The van der Waals surface area contributed by atoms with Gasteiger partial charge in [0, 0.05) is 24.5 Å². The van der Waals surface area contributed by atoms with Gasteiger partial charge < -0.3 is 10.2 Å². The van der Waals surface area contributed by atoms with Gasteiger partial charge in [-0.05, 0) is 43.7 Å². The fourth-order valence-electron chi connectivity index (χ4n) is 2.82. The summed E-state index contributed by atoms with van der Waals surface area (Å²) in [5.74, 6) is 1.11. The molecule has 0 radical (unpaired) electrons. The molecule has 1 aromatic carbocycles. The Morgan fingerprint density at radius 2 is 2.04 bits per heavy atom. The lowest BCUT2D eigenvalue weighted by molar-refractivity contribution is 0.599. The Balaban J connectivity index is 1.79. The van der Waals surface area contributed by atoms with Crippen LogP contribution in [0.4, 0.5) is 21.8 Å². The Morgan fingerprint density at radius 3 is 2.67 bits per heavy atom. The van der Waals surface area contributed by atoms with Crippen LogP contribution in [0.2, 0.25) is 0 Å². The molecule has 0 saturated carbocycles. The first-order chi connectivity index (χ1) is 11.5. The third kappa shape index (κ3) is 3.81. The van der Waals surface area contributed by atoms with E-state index in [2.05, 4.69) is 15.3 Å². The van der Waals surface area contributed by atoms with E-state index >= 15 is 0 Å². The smallest absolute Gasteiger partial charge is 0.227 e. The van der Waals surface area contributed by atoms with Crippen LogP contribution in [0.5, 0.6) is 0 Å². The van der Waals surface area contributed by atoms with Gasteiger partial charge in [0.05, 0.1) is 11.5 Å². The van der Waals surface area contributed by atoms with Gasteiger partial charge in [-0.25, -0.2) is 17.8 Å². The molecule has 6 nitrogen and oxygen atoms in total. The topological polar surface area (TPSA) is 75.2 Å². The molecule has 1 aliphatic heterocycles. The third-order valence-electron chi connectivity index (χ3n) is 4.01. The number of nitrogens with one attached hydrogen (secondary N) is 1. The fraction of sp³-hybridized carbons (Fsp3) is 0.375. The maximum Gasteiger partial charge on any atom is 0.227 e. The molecule has 128 valence electrons. The highest BCUT2D eigenvalue weighted by molar-refractivity contribution is 7.91. The second kappa shape index (κ2) is 6.72. The molecule has 1 unspecified atom stereocenters. The van der Waals surface area contributed by atoms with Crippen molar-refractivity contribution in [3.05, 3.63) is 42.3 Å². The zero-order valence-corrected chi connectivity index (χ0v) is 14.1. The zero-order valence-electron chi connectivity index (χ0n) is 13.3. The number of rotatable bonds is 5. The van der Waals surface area contributed by atoms with Crippen LogP contribution >= 0.6 is 0 Å². The molecule has 1 aromatic heterocycles. The average molecular weight is 350 g/mol. The van der Waals surface area contributed by atoms with Gasteiger partial charge in [-0.1, -0.05) is 0 Å². The maximum atomic E-state index is 13.0. The summed E-state index contributed by atoms with van der Waals surface area (Å²) in [7, 11) is -2.97. The summed E-state index contributed by atoms with van der Waals surface area (Å²) < 4.78 is 36.4. The van der Waals surface area contributed by atoms with Crippen molar-refractivity contribution < 1.29 is 12.8 Å². The van der Waals surface area contributed by atoms with Gasteiger partial charge in [-0.3, -0.25) is 0 Å². The molecule has 2 aromatic rings. The van der Waals surface area contributed by atoms with Crippen molar-refractivity contribution in [3.63, 3.8) is 0 Å². The molecule has 8 heteroatoms. The lowest BCUT2D eigenvalue weighted by atomic mass is 10.2. The molecule has 1 fully saturated rings. The number of halogens is 1. The van der Waals surface area contributed by atoms with E-state index in [0.717, 1.165) is 0 Å². The summed E-state index contributed by atoms with van der Waals surface area (Å²) in [6.07, 6.45) is 2.22. The number of benzene rings is 1. The monoisotopic (exact) mass is 350 g/mol. The van der Waals surface area contributed by atoms with Gasteiger partial charge in [0.1, 0.15) is 11.6 Å². The first-order valence-electron chi connectivity index (χ1n) is 7.79. The number of aromatic nitrogens is 2. The molecule has 0 aliphatic carbocycles. The first-order valence-corrected chi connectivity index (χ1v) is 9.62. The van der Waals surface area contributed by atoms with Crippen molar-refractivity contribution in [1.82, 2.24) is 9.97 Å². The number of anilines is 3. The van der Waals surface area contributed by atoms with Crippen LogP contribution in [-0.4, -0.2) is 42.5 Å². The van der Waals surface area contributed by atoms with E-state index in [1.807, 2.05) is 11.8 Å². The van der Waals surface area contributed by atoms with Gasteiger partial charge in [0.2, 0.25) is 5.95 Å². The summed E-state index contributed by atoms with van der Waals surface area (Å²) in [5, 5.41) is 3.09. The largest absolute Gasteiger partial charge is 0.340 e. The van der Waals surface area contributed by atoms with E-state index in [1.54, 1.807) is 24.4 Å². The normalized spacial score (nSPS) is 19.2. The molecular weight excluding hydrogens is 331 g/mol. The molecule has 1 atom stereocenters. The minimum atomic E-state index is -2.97. The molecule has 3 rings (SSSR count). The van der Waals surface area contributed by atoms with Crippen LogP contribution in [-0.2, 0) is 9.84 Å². The van der Waals surface area contributed by atoms with E-state index in [1.165, 1.54) is 12.1 Å². The quantitative estimate of drug-likeness (QED) is 0.892. The summed E-state index contributed by atoms with van der Waals surface area (Å²) in [4.78, 5) is 10.7. The van der Waals surface area contributed by atoms with Gasteiger partial charge >= 0.3 is 0 Å². The molecule has 1 aliphatic rings. The standard InChI is InChI=1S/C16H19FN4O2S/c1-2-21(14-8-10-24(22,23)11-14)16-18-9-7-15(20-16)19-13-5-3-12(17)4-6-13/h3-7,9,14H,2,8,10-11H2,1H3,(H,18,19,20). The summed E-state index contributed by atoms with van der Waals surface area (Å²) in [5.41, 5.74) is 0.715. The van der Waals surface area contributed by atoms with Gasteiger partial charge in [0.15, 0.2) is 9.84 Å². The zero-order chi connectivity index (χ0) is 17.2. The van der Waals surface area contributed by atoms with Crippen LogP contribution in [0.15, 0.2) is 36.5 Å². The Morgan fingerprint density at radius 1 is 1.29 bits per heavy atom. The molecule has 0 bridgehead atoms. The van der Waals surface area contributed by atoms with Crippen molar-refractivity contribution in [3.8, 4) is 0 Å². The summed E-state index contributed by atoms with van der Waals surface area (Å²) in [6, 6.07) is 7.60. The van der Waals surface area contributed by atoms with Gasteiger partial charge in [-0.2, -0.15) is 4.98 Å². The Labute approximate surface area is 140 Å². The van der Waals surface area contributed by atoms with Crippen molar-refractivity contribution >= 4 is 27.3 Å². The molecule has 0 amide bonds. The number of sulfone groups is 1. The van der Waals surface area contributed by atoms with E-state index < -0.39 is 9.84 Å². The summed E-state index contributed by atoms with van der Waals surface area (Å²) in [6.45, 7) is 2.58. The van der Waals surface area contributed by atoms with E-state index in [4.69, 9.17) is 0 Å². The highest BCUT2D eigenvalue weighted by atomic mass is 32.2. The van der Waals surface area contributed by atoms with E-state index in [0.29, 0.717) is 30.4 Å². The third-order valence-corrected chi connectivity index (χ3v) is 5.76.